The highest BCUT2D eigenvalue weighted by Gasteiger charge is 2.81. The Bertz CT molecular complexity index is 1740. The Morgan fingerprint density at radius 2 is 1.80 bits per heavy atom. The molecule has 8 atom stereocenters. The molecule has 0 radical (unpaired) electrons. The molecular weight excluding hydrogens is 584 g/mol. The van der Waals surface area contributed by atoms with Crippen LogP contribution >= 0.6 is 0 Å². The molecule has 3 heterocycles. The molecule has 6 aliphatic carbocycles. The number of hydrogen-bond donors (Lipinski definition) is 1. The Hall–Kier alpha value is -3.39. The largest absolute Gasteiger partial charge is 0.507 e. The van der Waals surface area contributed by atoms with E-state index in [4.69, 9.17) is 18.9 Å². The molecule has 1 aromatic carbocycles. The Morgan fingerprint density at radius 1 is 1.07 bits per heavy atom. The van der Waals surface area contributed by atoms with Crippen molar-refractivity contribution in [2.45, 2.75) is 116 Å². The molecule has 9 aliphatic rings. The molecule has 1 spiro atoms. The Labute approximate surface area is 270 Å². The summed E-state index contributed by atoms with van der Waals surface area (Å²) in [7, 11) is 0. The predicted molar refractivity (Wildman–Crippen MR) is 169 cm³/mol. The molecule has 8 bridgehead atoms. The molecule has 0 amide bonds. The van der Waals surface area contributed by atoms with Gasteiger partial charge in [0.1, 0.15) is 34.2 Å². The van der Waals surface area contributed by atoms with Crippen LogP contribution in [0.1, 0.15) is 108 Å². The van der Waals surface area contributed by atoms with Crippen molar-refractivity contribution in [2.75, 3.05) is 0 Å². The van der Waals surface area contributed by atoms with E-state index in [2.05, 4.69) is 26.8 Å². The second-order valence-electron chi connectivity index (χ2n) is 16.4. The standard InChI is InChI=1S/C38H44O8/c1-18(2)9-10-21-30-26(25-22-12-13-36(8,44-30)32(25)34(22,4)5)29(41)27-28(40)23-15-20-16-24-35(6,7)46-37(33(20)42,14-11-19(3)43-17-39)38(23,24)45-31(21)27/h9,11,15,17,20,22,24-25,32,41H,10,12-14,16H2,1-8H3/b19-11-/t20?,22?,24?,25-,32?,36-,37+,38-/m1/s1. The van der Waals surface area contributed by atoms with Crippen molar-refractivity contribution in [3.63, 3.8) is 0 Å². The lowest BCUT2D eigenvalue weighted by atomic mass is 9.37. The summed E-state index contributed by atoms with van der Waals surface area (Å²) in [6.07, 6.45) is 8.48. The first kappa shape index (κ1) is 30.0. The van der Waals surface area contributed by atoms with Crippen LogP contribution in [-0.2, 0) is 25.5 Å². The quantitative estimate of drug-likeness (QED) is 0.211. The molecule has 4 unspecified atom stereocenters. The molecule has 46 heavy (non-hydrogen) atoms. The fourth-order valence-corrected chi connectivity index (χ4v) is 11.3. The molecule has 3 aliphatic heterocycles. The molecule has 10 rings (SSSR count). The van der Waals surface area contributed by atoms with Crippen LogP contribution < -0.4 is 9.47 Å². The van der Waals surface area contributed by atoms with Gasteiger partial charge in [-0.1, -0.05) is 31.6 Å². The number of phenols is 1. The summed E-state index contributed by atoms with van der Waals surface area (Å²) in [6, 6.07) is 0. The lowest BCUT2D eigenvalue weighted by Crippen LogP contribution is -2.72. The third kappa shape index (κ3) is 3.27. The summed E-state index contributed by atoms with van der Waals surface area (Å²) in [5, 5.41) is 12.2. The first-order valence-electron chi connectivity index (χ1n) is 16.8. The smallest absolute Gasteiger partial charge is 0.298 e. The maximum Gasteiger partial charge on any atom is 0.298 e. The van der Waals surface area contributed by atoms with Crippen molar-refractivity contribution >= 4 is 18.0 Å². The molecule has 5 fully saturated rings. The zero-order chi connectivity index (χ0) is 32.9. The number of carbonyl (C=O) groups is 3. The fraction of sp³-hybridized carbons (Fsp3) is 0.605. The van der Waals surface area contributed by atoms with Crippen molar-refractivity contribution in [2.24, 2.45) is 29.1 Å². The number of allylic oxidation sites excluding steroid dienone is 4. The molecule has 4 saturated carbocycles. The average molecular weight is 629 g/mol. The first-order valence-corrected chi connectivity index (χ1v) is 16.8. The van der Waals surface area contributed by atoms with Gasteiger partial charge in [-0.05, 0) is 84.6 Å². The predicted octanol–water partition coefficient (Wildman–Crippen LogP) is 6.68. The summed E-state index contributed by atoms with van der Waals surface area (Å²) >= 11 is 0. The highest BCUT2D eigenvalue weighted by Crippen LogP contribution is 2.76. The van der Waals surface area contributed by atoms with Gasteiger partial charge >= 0.3 is 0 Å². The van der Waals surface area contributed by atoms with Crippen molar-refractivity contribution in [1.29, 1.82) is 0 Å². The van der Waals surface area contributed by atoms with Gasteiger partial charge in [-0.3, -0.25) is 14.4 Å². The number of hydrogen-bond acceptors (Lipinski definition) is 8. The summed E-state index contributed by atoms with van der Waals surface area (Å²) in [6.45, 7) is 16.8. The summed E-state index contributed by atoms with van der Waals surface area (Å²) in [5.74, 6) is 0.590. The number of carbonyl (C=O) groups excluding carboxylic acids is 3. The van der Waals surface area contributed by atoms with Crippen LogP contribution in [0.2, 0.25) is 0 Å². The van der Waals surface area contributed by atoms with E-state index in [-0.39, 0.29) is 52.5 Å². The van der Waals surface area contributed by atoms with Crippen LogP contribution in [0.3, 0.4) is 0 Å². The van der Waals surface area contributed by atoms with Gasteiger partial charge in [-0.2, -0.15) is 0 Å². The number of Topliss-reactive ketones (excluding diaryl/α,β-unsaturated/α-hetero) is 2. The second kappa shape index (κ2) is 8.94. The van der Waals surface area contributed by atoms with Gasteiger partial charge in [0, 0.05) is 46.8 Å². The molecule has 1 saturated heterocycles. The van der Waals surface area contributed by atoms with Crippen molar-refractivity contribution in [3.8, 4) is 17.2 Å². The zero-order valence-electron chi connectivity index (χ0n) is 28.0. The highest BCUT2D eigenvalue weighted by atomic mass is 16.6. The fourth-order valence-electron chi connectivity index (χ4n) is 11.3. The number of ketones is 2. The molecule has 1 aromatic rings. The van der Waals surface area contributed by atoms with Gasteiger partial charge in [-0.25, -0.2) is 0 Å². The number of phenolic OH excluding ortho intramolecular Hbond substituents is 1. The lowest BCUT2D eigenvalue weighted by molar-refractivity contribution is -0.214. The van der Waals surface area contributed by atoms with Gasteiger partial charge in [0.15, 0.2) is 22.8 Å². The van der Waals surface area contributed by atoms with Crippen LogP contribution in [0.15, 0.2) is 35.1 Å². The van der Waals surface area contributed by atoms with Gasteiger partial charge in [0.05, 0.1) is 5.60 Å². The molecule has 0 aromatic heterocycles. The van der Waals surface area contributed by atoms with Crippen molar-refractivity contribution in [1.82, 2.24) is 0 Å². The number of rotatable bonds is 6. The Balaban J connectivity index is 1.39. The van der Waals surface area contributed by atoms with E-state index in [0.29, 0.717) is 48.1 Å². The number of fused-ring (bicyclic) bond motifs is 3. The first-order chi connectivity index (χ1) is 21.6. The van der Waals surface area contributed by atoms with Crippen molar-refractivity contribution in [3.05, 3.63) is 51.8 Å². The second-order valence-corrected chi connectivity index (χ2v) is 16.4. The maximum absolute atomic E-state index is 15.0. The Kier molecular flexibility index (Phi) is 5.83. The summed E-state index contributed by atoms with van der Waals surface area (Å²) in [4.78, 5) is 40.5. The molecule has 1 N–H and O–H groups in total. The summed E-state index contributed by atoms with van der Waals surface area (Å²) < 4.78 is 26.2. The van der Waals surface area contributed by atoms with E-state index >= 15 is 0 Å². The zero-order valence-corrected chi connectivity index (χ0v) is 28.0. The Morgan fingerprint density at radius 3 is 2.48 bits per heavy atom. The van der Waals surface area contributed by atoms with Crippen LogP contribution in [0.25, 0.3) is 0 Å². The summed E-state index contributed by atoms with van der Waals surface area (Å²) in [5.41, 5.74) is -0.973. The normalized spacial score (nSPS) is 39.5. The van der Waals surface area contributed by atoms with Gasteiger partial charge < -0.3 is 24.1 Å². The van der Waals surface area contributed by atoms with Crippen LogP contribution in [0.4, 0.5) is 0 Å². The van der Waals surface area contributed by atoms with Crippen LogP contribution in [0, 0.1) is 29.1 Å². The lowest BCUT2D eigenvalue weighted by Gasteiger charge is -2.70. The van der Waals surface area contributed by atoms with E-state index in [9.17, 15) is 19.5 Å². The monoisotopic (exact) mass is 628 g/mol. The molecule has 8 nitrogen and oxygen atoms in total. The number of benzene rings is 1. The SMILES string of the molecule is CC(C)=CCc1c2c(c(O)c3c1O[C@]1(C)CCC4[C@H]3C1C4(C)C)C(=O)C1=CC3CC4C(C)(C)O[C@@](C/C=C(/C)OC=O)(C3=O)[C@@]14O2. The van der Waals surface area contributed by atoms with Crippen molar-refractivity contribution < 1.29 is 38.4 Å². The minimum atomic E-state index is -1.52. The average Bonchev–Trinajstić information content (AvgIpc) is 3.12. The minimum Gasteiger partial charge on any atom is -0.507 e. The highest BCUT2D eigenvalue weighted by molar-refractivity contribution is 6.18. The van der Waals surface area contributed by atoms with E-state index in [1.165, 1.54) is 0 Å². The van der Waals surface area contributed by atoms with Crippen LogP contribution in [-0.4, -0.2) is 45.5 Å². The third-order valence-corrected chi connectivity index (χ3v) is 13.1. The van der Waals surface area contributed by atoms with Gasteiger partial charge in [0.2, 0.25) is 0 Å². The number of ether oxygens (including phenoxy) is 4. The molecule has 8 heteroatoms. The third-order valence-electron chi connectivity index (χ3n) is 13.1. The maximum atomic E-state index is 15.0. The van der Waals surface area contributed by atoms with E-state index in [1.54, 1.807) is 19.1 Å². The van der Waals surface area contributed by atoms with E-state index in [0.717, 1.165) is 29.5 Å². The minimum absolute atomic E-state index is 0.0457. The van der Waals surface area contributed by atoms with E-state index in [1.807, 2.05) is 27.7 Å². The van der Waals surface area contributed by atoms with Crippen LogP contribution in [0.5, 0.6) is 17.2 Å². The van der Waals surface area contributed by atoms with E-state index < -0.39 is 28.3 Å². The molecular formula is C38H44O8. The van der Waals surface area contributed by atoms with Gasteiger partial charge in [-0.15, -0.1) is 0 Å². The number of aromatic hydroxyl groups is 1. The topological polar surface area (TPSA) is 108 Å². The molecule has 244 valence electrons. The van der Waals surface area contributed by atoms with Gasteiger partial charge in [0.25, 0.3) is 6.47 Å².